The van der Waals surface area contributed by atoms with E-state index >= 15 is 0 Å². The highest BCUT2D eigenvalue weighted by atomic mass is 14.9. The Morgan fingerprint density at radius 2 is 1.90 bits per heavy atom. The molecule has 0 aromatic carbocycles. The van der Waals surface area contributed by atoms with E-state index in [1.165, 1.54) is 25.8 Å². The molecule has 0 aromatic heterocycles. The molecule has 0 aliphatic carbocycles. The summed E-state index contributed by atoms with van der Waals surface area (Å²) in [6.07, 6.45) is 3.84. The zero-order valence-corrected chi connectivity index (χ0v) is 6.91. The maximum atomic E-state index is 3.43. The predicted molar refractivity (Wildman–Crippen MR) is 49.4 cm³/mol. The average molecular weight is 145 g/mol. The smallest absolute Gasteiger partial charge is 0.00360 e. The Balaban J connectivity index is 0. The fraction of sp³-hybridized carbons (Fsp3) is 1.00. The molecule has 0 amide bonds. The van der Waals surface area contributed by atoms with E-state index in [9.17, 15) is 0 Å². The Kier molecular flexibility index (Phi) is 11.3. The first kappa shape index (κ1) is 12.6. The van der Waals surface area contributed by atoms with Crippen molar-refractivity contribution in [1.29, 1.82) is 0 Å². The van der Waals surface area contributed by atoms with Gasteiger partial charge in [-0.2, -0.15) is 0 Å². The van der Waals surface area contributed by atoms with Gasteiger partial charge in [0.1, 0.15) is 0 Å². The standard InChI is InChI=1S/C8H19N.CH4/c1-4-6-7-9-8(3)5-2;/h8-9H,4-7H2,1-3H3;1H4. The van der Waals surface area contributed by atoms with Crippen molar-refractivity contribution in [3.63, 3.8) is 0 Å². The third-order valence-electron chi connectivity index (χ3n) is 1.64. The van der Waals surface area contributed by atoms with Crippen molar-refractivity contribution < 1.29 is 0 Å². The van der Waals surface area contributed by atoms with E-state index < -0.39 is 0 Å². The zero-order chi connectivity index (χ0) is 7.11. The number of hydrogen-bond acceptors (Lipinski definition) is 1. The van der Waals surface area contributed by atoms with Gasteiger partial charge in [-0.25, -0.2) is 0 Å². The molecule has 1 nitrogen and oxygen atoms in total. The van der Waals surface area contributed by atoms with Crippen LogP contribution in [0.3, 0.4) is 0 Å². The molecule has 0 aromatic rings. The third-order valence-corrected chi connectivity index (χ3v) is 1.64. The van der Waals surface area contributed by atoms with Crippen molar-refractivity contribution in [1.82, 2.24) is 5.32 Å². The zero-order valence-electron chi connectivity index (χ0n) is 6.91. The molecule has 0 spiro atoms. The molecule has 1 atom stereocenters. The second kappa shape index (κ2) is 8.96. The number of rotatable bonds is 5. The van der Waals surface area contributed by atoms with Crippen molar-refractivity contribution in [3.8, 4) is 0 Å². The lowest BCUT2D eigenvalue weighted by molar-refractivity contribution is 0.521. The van der Waals surface area contributed by atoms with Crippen LogP contribution in [0.5, 0.6) is 0 Å². The first-order valence-corrected chi connectivity index (χ1v) is 4.04. The Hall–Kier alpha value is -0.0400. The molecule has 0 saturated heterocycles. The Labute approximate surface area is 66.2 Å². The van der Waals surface area contributed by atoms with E-state index in [1.807, 2.05) is 0 Å². The quantitative estimate of drug-likeness (QED) is 0.587. The van der Waals surface area contributed by atoms with Gasteiger partial charge in [0.2, 0.25) is 0 Å². The molecule has 0 aliphatic rings. The van der Waals surface area contributed by atoms with Crippen molar-refractivity contribution in [3.05, 3.63) is 0 Å². The van der Waals surface area contributed by atoms with E-state index in [0.29, 0.717) is 6.04 Å². The van der Waals surface area contributed by atoms with Crippen LogP contribution in [0.2, 0.25) is 0 Å². The highest BCUT2D eigenvalue weighted by Crippen LogP contribution is 1.89. The monoisotopic (exact) mass is 145 g/mol. The molecule has 64 valence electrons. The lowest BCUT2D eigenvalue weighted by atomic mass is 10.2. The molecule has 10 heavy (non-hydrogen) atoms. The van der Waals surface area contributed by atoms with Crippen molar-refractivity contribution in [2.24, 2.45) is 0 Å². The van der Waals surface area contributed by atoms with Crippen LogP contribution in [0.15, 0.2) is 0 Å². The van der Waals surface area contributed by atoms with Gasteiger partial charge in [-0.15, -0.1) is 0 Å². The molecule has 0 aliphatic heterocycles. The highest BCUT2D eigenvalue weighted by Gasteiger charge is 1.93. The van der Waals surface area contributed by atoms with Crippen LogP contribution in [0.4, 0.5) is 0 Å². The fourth-order valence-electron chi connectivity index (χ4n) is 0.670. The molecule has 0 heterocycles. The van der Waals surface area contributed by atoms with Gasteiger partial charge >= 0.3 is 0 Å². The van der Waals surface area contributed by atoms with Crippen molar-refractivity contribution in [2.45, 2.75) is 53.5 Å². The summed E-state index contributed by atoms with van der Waals surface area (Å²) >= 11 is 0. The molecule has 0 bridgehead atoms. The van der Waals surface area contributed by atoms with Crippen LogP contribution in [-0.2, 0) is 0 Å². The van der Waals surface area contributed by atoms with Gasteiger partial charge in [0, 0.05) is 6.04 Å². The molecule has 0 radical (unpaired) electrons. The maximum absolute atomic E-state index is 3.43. The van der Waals surface area contributed by atoms with Crippen molar-refractivity contribution >= 4 is 0 Å². The number of nitrogens with one attached hydrogen (secondary N) is 1. The van der Waals surface area contributed by atoms with Gasteiger partial charge in [0.15, 0.2) is 0 Å². The first-order valence-electron chi connectivity index (χ1n) is 4.04. The largest absolute Gasteiger partial charge is 0.314 e. The normalized spacial score (nSPS) is 12.3. The van der Waals surface area contributed by atoms with Crippen LogP contribution >= 0.6 is 0 Å². The summed E-state index contributed by atoms with van der Waals surface area (Å²) in [5, 5.41) is 3.43. The van der Waals surface area contributed by atoms with Gasteiger partial charge in [-0.3, -0.25) is 0 Å². The lowest BCUT2D eigenvalue weighted by Crippen LogP contribution is -2.25. The number of unbranched alkanes of at least 4 members (excludes halogenated alkanes) is 1. The Morgan fingerprint density at radius 3 is 2.30 bits per heavy atom. The summed E-state index contributed by atoms with van der Waals surface area (Å²) in [6.45, 7) is 7.85. The topological polar surface area (TPSA) is 12.0 Å². The summed E-state index contributed by atoms with van der Waals surface area (Å²) < 4.78 is 0. The van der Waals surface area contributed by atoms with Crippen LogP contribution in [0, 0.1) is 0 Å². The molecule has 0 saturated carbocycles. The summed E-state index contributed by atoms with van der Waals surface area (Å²) in [5.41, 5.74) is 0. The molecular formula is C9H23N. The van der Waals surface area contributed by atoms with Crippen LogP contribution in [0.1, 0.15) is 47.5 Å². The van der Waals surface area contributed by atoms with Crippen molar-refractivity contribution in [2.75, 3.05) is 6.54 Å². The van der Waals surface area contributed by atoms with Crippen LogP contribution in [-0.4, -0.2) is 12.6 Å². The minimum atomic E-state index is 0. The Bertz CT molecular complexity index is 52.7. The van der Waals surface area contributed by atoms with E-state index in [-0.39, 0.29) is 7.43 Å². The van der Waals surface area contributed by atoms with Gasteiger partial charge in [-0.05, 0) is 26.3 Å². The van der Waals surface area contributed by atoms with E-state index in [1.54, 1.807) is 0 Å². The molecule has 1 unspecified atom stereocenters. The Morgan fingerprint density at radius 1 is 1.30 bits per heavy atom. The summed E-state index contributed by atoms with van der Waals surface area (Å²) in [6, 6.07) is 0.705. The van der Waals surface area contributed by atoms with Crippen LogP contribution < -0.4 is 5.32 Å². The van der Waals surface area contributed by atoms with Crippen LogP contribution in [0.25, 0.3) is 0 Å². The molecule has 1 N–H and O–H groups in total. The van der Waals surface area contributed by atoms with E-state index in [0.717, 1.165) is 0 Å². The summed E-state index contributed by atoms with van der Waals surface area (Å²) in [7, 11) is 0. The van der Waals surface area contributed by atoms with Gasteiger partial charge in [0.25, 0.3) is 0 Å². The molecule has 0 rings (SSSR count). The number of hydrogen-bond donors (Lipinski definition) is 1. The maximum Gasteiger partial charge on any atom is 0.00360 e. The summed E-state index contributed by atoms with van der Waals surface area (Å²) in [4.78, 5) is 0. The SMILES string of the molecule is C.CCCCNC(C)CC. The van der Waals surface area contributed by atoms with Gasteiger partial charge < -0.3 is 5.32 Å². The summed E-state index contributed by atoms with van der Waals surface area (Å²) in [5.74, 6) is 0. The van der Waals surface area contributed by atoms with E-state index in [2.05, 4.69) is 26.1 Å². The average Bonchev–Trinajstić information content (AvgIpc) is 1.89. The lowest BCUT2D eigenvalue weighted by Gasteiger charge is -2.09. The third kappa shape index (κ3) is 7.96. The minimum absolute atomic E-state index is 0. The van der Waals surface area contributed by atoms with Gasteiger partial charge in [0.05, 0.1) is 0 Å². The second-order valence-electron chi connectivity index (χ2n) is 2.62. The molecular weight excluding hydrogens is 122 g/mol. The molecule has 0 fully saturated rings. The fourth-order valence-corrected chi connectivity index (χ4v) is 0.670. The van der Waals surface area contributed by atoms with Gasteiger partial charge in [-0.1, -0.05) is 27.7 Å². The minimum Gasteiger partial charge on any atom is -0.314 e. The predicted octanol–water partition coefficient (Wildman–Crippen LogP) is 2.81. The van der Waals surface area contributed by atoms with E-state index in [4.69, 9.17) is 0 Å². The molecule has 1 heteroatoms. The highest BCUT2D eigenvalue weighted by molar-refractivity contribution is 4.55. The first-order chi connectivity index (χ1) is 4.31. The second-order valence-corrected chi connectivity index (χ2v) is 2.62.